The van der Waals surface area contributed by atoms with E-state index in [9.17, 15) is 14.7 Å². The Bertz CT molecular complexity index is 671. The number of amides is 1. The number of nitrogens with one attached hydrogen (secondary N) is 1. The maximum atomic E-state index is 12.2. The second-order valence-electron chi connectivity index (χ2n) is 5.47. The van der Waals surface area contributed by atoms with Gasteiger partial charge in [-0.15, -0.1) is 0 Å². The first-order valence-corrected chi connectivity index (χ1v) is 7.14. The Labute approximate surface area is 126 Å². The summed E-state index contributed by atoms with van der Waals surface area (Å²) in [6.07, 6.45) is 4.22. The number of rotatable bonds is 4. The number of ether oxygens (including phenoxy) is 1. The fourth-order valence-electron chi connectivity index (χ4n) is 2.61. The zero-order valence-corrected chi connectivity index (χ0v) is 12.0. The van der Waals surface area contributed by atoms with Crippen molar-refractivity contribution >= 4 is 17.5 Å². The molecule has 7 nitrogen and oxygen atoms in total. The van der Waals surface area contributed by atoms with Gasteiger partial charge in [-0.3, -0.25) is 9.59 Å². The second-order valence-corrected chi connectivity index (χ2v) is 5.47. The second kappa shape index (κ2) is 5.76. The number of aliphatic carboxylic acids is 1. The van der Waals surface area contributed by atoms with Crippen molar-refractivity contribution < 1.29 is 19.4 Å². The van der Waals surface area contributed by atoms with Gasteiger partial charge in [0.1, 0.15) is 11.3 Å². The van der Waals surface area contributed by atoms with Gasteiger partial charge in [0.25, 0.3) is 5.91 Å². The Balaban J connectivity index is 1.72. The van der Waals surface area contributed by atoms with Crippen molar-refractivity contribution in [2.75, 3.05) is 19.8 Å². The summed E-state index contributed by atoms with van der Waals surface area (Å²) in [5.74, 6) is -1.26. The fraction of sp³-hybridized carbons (Fsp3) is 0.400. The summed E-state index contributed by atoms with van der Waals surface area (Å²) < 4.78 is 6.96. The van der Waals surface area contributed by atoms with Crippen LogP contribution in [0.1, 0.15) is 23.3 Å². The highest BCUT2D eigenvalue weighted by molar-refractivity contribution is 5.93. The third-order valence-electron chi connectivity index (χ3n) is 4.09. The molecule has 3 heterocycles. The van der Waals surface area contributed by atoms with Gasteiger partial charge in [0.15, 0.2) is 0 Å². The highest BCUT2D eigenvalue weighted by Gasteiger charge is 2.40. The summed E-state index contributed by atoms with van der Waals surface area (Å²) in [7, 11) is 0. The summed E-state index contributed by atoms with van der Waals surface area (Å²) in [4.78, 5) is 28.0. The monoisotopic (exact) mass is 303 g/mol. The number of aromatic nitrogens is 2. The van der Waals surface area contributed by atoms with Gasteiger partial charge in [-0.05, 0) is 25.0 Å². The van der Waals surface area contributed by atoms with Crippen LogP contribution >= 0.6 is 0 Å². The van der Waals surface area contributed by atoms with Gasteiger partial charge in [0, 0.05) is 32.2 Å². The largest absolute Gasteiger partial charge is 0.481 e. The summed E-state index contributed by atoms with van der Waals surface area (Å²) in [5.41, 5.74) is -0.00182. The summed E-state index contributed by atoms with van der Waals surface area (Å²) in [5, 5.41) is 12.2. The molecule has 0 atom stereocenters. The molecule has 116 valence electrons. The van der Waals surface area contributed by atoms with E-state index < -0.39 is 11.4 Å². The highest BCUT2D eigenvalue weighted by atomic mass is 16.5. The van der Waals surface area contributed by atoms with E-state index in [0.717, 1.165) is 0 Å². The van der Waals surface area contributed by atoms with Crippen molar-refractivity contribution in [2.24, 2.45) is 5.41 Å². The molecule has 0 saturated carbocycles. The zero-order chi connectivity index (χ0) is 15.6. The maximum absolute atomic E-state index is 12.2. The van der Waals surface area contributed by atoms with E-state index in [-0.39, 0.29) is 18.1 Å². The van der Waals surface area contributed by atoms with Gasteiger partial charge >= 0.3 is 5.97 Å². The minimum atomic E-state index is -0.951. The van der Waals surface area contributed by atoms with E-state index in [2.05, 4.69) is 10.3 Å². The van der Waals surface area contributed by atoms with Gasteiger partial charge in [-0.25, -0.2) is 4.98 Å². The molecule has 2 N–H and O–H groups in total. The van der Waals surface area contributed by atoms with Crippen LogP contribution < -0.4 is 5.32 Å². The van der Waals surface area contributed by atoms with E-state index >= 15 is 0 Å². The lowest BCUT2D eigenvalue weighted by molar-refractivity contribution is -0.154. The quantitative estimate of drug-likeness (QED) is 0.877. The van der Waals surface area contributed by atoms with E-state index in [0.29, 0.717) is 31.7 Å². The van der Waals surface area contributed by atoms with Crippen LogP contribution in [0.3, 0.4) is 0 Å². The van der Waals surface area contributed by atoms with Crippen molar-refractivity contribution in [3.05, 3.63) is 36.3 Å². The lowest BCUT2D eigenvalue weighted by Crippen LogP contribution is -2.46. The van der Waals surface area contributed by atoms with Crippen LogP contribution in [0.25, 0.3) is 5.65 Å². The number of fused-ring (bicyclic) bond motifs is 1. The lowest BCUT2D eigenvalue weighted by Gasteiger charge is -2.32. The molecule has 0 radical (unpaired) electrons. The standard InChI is InChI=1S/C15H17N3O4/c19-13(11-9-18-6-2-1-3-12(18)17-11)16-10-15(14(20)21)4-7-22-8-5-15/h1-3,6,9H,4-5,7-8,10H2,(H,16,19)(H,20,21). The van der Waals surface area contributed by atoms with Gasteiger partial charge in [0.05, 0.1) is 5.41 Å². The van der Waals surface area contributed by atoms with Crippen molar-refractivity contribution in [3.8, 4) is 0 Å². The van der Waals surface area contributed by atoms with Crippen molar-refractivity contribution in [1.29, 1.82) is 0 Å². The van der Waals surface area contributed by atoms with Gasteiger partial charge < -0.3 is 19.6 Å². The van der Waals surface area contributed by atoms with Crippen LogP contribution in [0.5, 0.6) is 0 Å². The number of carbonyl (C=O) groups is 2. The van der Waals surface area contributed by atoms with Crippen LogP contribution in [0.15, 0.2) is 30.6 Å². The van der Waals surface area contributed by atoms with Gasteiger partial charge in [0.2, 0.25) is 0 Å². The number of hydrogen-bond acceptors (Lipinski definition) is 4. The first-order valence-electron chi connectivity index (χ1n) is 7.14. The molecule has 0 unspecified atom stereocenters. The normalized spacial score (nSPS) is 17.3. The Kier molecular flexibility index (Phi) is 3.81. The molecule has 1 aliphatic heterocycles. The number of carbonyl (C=O) groups excluding carboxylic acids is 1. The van der Waals surface area contributed by atoms with Crippen LogP contribution in [0.2, 0.25) is 0 Å². The SMILES string of the molecule is O=C(NCC1(C(=O)O)CCOCC1)c1cn2ccccc2n1. The summed E-state index contributed by atoms with van der Waals surface area (Å²) in [6, 6.07) is 5.48. The number of imidazole rings is 1. The summed E-state index contributed by atoms with van der Waals surface area (Å²) >= 11 is 0. The molecule has 1 aliphatic rings. The van der Waals surface area contributed by atoms with Crippen molar-refractivity contribution in [1.82, 2.24) is 14.7 Å². The topological polar surface area (TPSA) is 92.9 Å². The molecule has 22 heavy (non-hydrogen) atoms. The molecule has 0 aliphatic carbocycles. The Morgan fingerprint density at radius 3 is 2.82 bits per heavy atom. The molecule has 7 heteroatoms. The highest BCUT2D eigenvalue weighted by Crippen LogP contribution is 2.30. The zero-order valence-electron chi connectivity index (χ0n) is 12.0. The molecule has 3 rings (SSSR count). The number of carboxylic acids is 1. The summed E-state index contributed by atoms with van der Waals surface area (Å²) in [6.45, 7) is 0.880. The first-order chi connectivity index (χ1) is 10.6. The van der Waals surface area contributed by atoms with Gasteiger partial charge in [-0.1, -0.05) is 6.07 Å². The van der Waals surface area contributed by atoms with E-state index in [1.54, 1.807) is 22.9 Å². The fourth-order valence-corrected chi connectivity index (χ4v) is 2.61. The van der Waals surface area contributed by atoms with E-state index in [1.807, 2.05) is 12.1 Å². The number of nitrogens with zero attached hydrogens (tertiary/aromatic N) is 2. The average Bonchev–Trinajstić information content (AvgIpc) is 2.97. The molecule has 0 aromatic carbocycles. The maximum Gasteiger partial charge on any atom is 0.311 e. The average molecular weight is 303 g/mol. The number of hydrogen-bond donors (Lipinski definition) is 2. The molecule has 0 spiro atoms. The van der Waals surface area contributed by atoms with Gasteiger partial charge in [-0.2, -0.15) is 0 Å². The third-order valence-corrected chi connectivity index (χ3v) is 4.09. The lowest BCUT2D eigenvalue weighted by atomic mass is 9.80. The molecule has 1 amide bonds. The predicted octanol–water partition coefficient (Wildman–Crippen LogP) is 0.945. The number of pyridine rings is 1. The van der Waals surface area contributed by atoms with Crippen molar-refractivity contribution in [3.63, 3.8) is 0 Å². The van der Waals surface area contributed by atoms with Crippen LogP contribution in [-0.4, -0.2) is 46.1 Å². The Hall–Kier alpha value is -2.41. The molecule has 2 aromatic rings. The van der Waals surface area contributed by atoms with Crippen LogP contribution in [0.4, 0.5) is 0 Å². The van der Waals surface area contributed by atoms with E-state index in [4.69, 9.17) is 4.74 Å². The molecule has 0 bridgehead atoms. The molecular weight excluding hydrogens is 286 g/mol. The first kappa shape index (κ1) is 14.5. The van der Waals surface area contributed by atoms with Crippen molar-refractivity contribution in [2.45, 2.75) is 12.8 Å². The minimum absolute atomic E-state index is 0.0817. The predicted molar refractivity (Wildman–Crippen MR) is 77.6 cm³/mol. The Morgan fingerprint density at radius 2 is 2.14 bits per heavy atom. The molecular formula is C15H17N3O4. The van der Waals surface area contributed by atoms with Crippen LogP contribution in [0, 0.1) is 5.41 Å². The Morgan fingerprint density at radius 1 is 1.36 bits per heavy atom. The molecule has 2 aromatic heterocycles. The minimum Gasteiger partial charge on any atom is -0.481 e. The van der Waals surface area contributed by atoms with E-state index in [1.165, 1.54) is 0 Å². The smallest absolute Gasteiger partial charge is 0.311 e. The molecule has 1 saturated heterocycles. The number of carboxylic acid groups (broad SMARTS) is 1. The van der Waals surface area contributed by atoms with Crippen LogP contribution in [-0.2, 0) is 9.53 Å². The third kappa shape index (κ3) is 2.67. The molecule has 1 fully saturated rings.